The summed E-state index contributed by atoms with van der Waals surface area (Å²) in [5, 5.41) is 0. The number of nitrogens with two attached hydrogens (primary N) is 1. The first-order valence-corrected chi connectivity index (χ1v) is 6.84. The molecule has 1 heterocycles. The minimum atomic E-state index is -0.0763. The maximum Gasteiger partial charge on any atom is 0.0761 e. The van der Waals surface area contributed by atoms with E-state index in [2.05, 4.69) is 39.5 Å². The Morgan fingerprint density at radius 2 is 1.65 bits per heavy atom. The Bertz CT molecular complexity index is 281. The van der Waals surface area contributed by atoms with Crippen LogP contribution in [0.3, 0.4) is 0 Å². The number of hydrogen-bond acceptors (Lipinski definition) is 3. The Labute approximate surface area is 106 Å². The van der Waals surface area contributed by atoms with Gasteiger partial charge in [-0.15, -0.1) is 0 Å². The smallest absolute Gasteiger partial charge is 0.0761 e. The molecule has 17 heavy (non-hydrogen) atoms. The van der Waals surface area contributed by atoms with Gasteiger partial charge in [0.25, 0.3) is 0 Å². The van der Waals surface area contributed by atoms with Crippen molar-refractivity contribution >= 4 is 0 Å². The number of ether oxygens (including phenoxy) is 1. The van der Waals surface area contributed by atoms with Crippen LogP contribution in [0.25, 0.3) is 0 Å². The lowest BCUT2D eigenvalue weighted by atomic mass is 9.88. The molecule has 1 atom stereocenters. The molecule has 1 aliphatic carbocycles. The minimum absolute atomic E-state index is 0.0763. The molecule has 2 fully saturated rings. The van der Waals surface area contributed by atoms with E-state index in [9.17, 15) is 0 Å². The summed E-state index contributed by atoms with van der Waals surface area (Å²) in [5.74, 6) is 0.789. The van der Waals surface area contributed by atoms with Crippen LogP contribution < -0.4 is 5.73 Å². The van der Waals surface area contributed by atoms with Gasteiger partial charge in [-0.3, -0.25) is 4.90 Å². The minimum Gasteiger partial charge on any atom is -0.367 e. The zero-order valence-corrected chi connectivity index (χ0v) is 12.0. The van der Waals surface area contributed by atoms with Crippen LogP contribution in [0.5, 0.6) is 0 Å². The average molecular weight is 240 g/mol. The van der Waals surface area contributed by atoms with Gasteiger partial charge in [-0.2, -0.15) is 0 Å². The van der Waals surface area contributed by atoms with Crippen LogP contribution in [0.4, 0.5) is 0 Å². The Hall–Kier alpha value is -0.120. The predicted molar refractivity (Wildman–Crippen MR) is 71.0 cm³/mol. The molecule has 0 bridgehead atoms. The highest BCUT2D eigenvalue weighted by atomic mass is 16.5. The van der Waals surface area contributed by atoms with Gasteiger partial charge in [0.1, 0.15) is 0 Å². The van der Waals surface area contributed by atoms with Crippen molar-refractivity contribution in [3.63, 3.8) is 0 Å². The largest absolute Gasteiger partial charge is 0.367 e. The molecule has 0 spiro atoms. The maximum absolute atomic E-state index is 6.15. The van der Waals surface area contributed by atoms with E-state index >= 15 is 0 Å². The average Bonchev–Trinajstić information content (AvgIpc) is 2.94. The van der Waals surface area contributed by atoms with Crippen molar-refractivity contribution < 1.29 is 4.74 Å². The first-order chi connectivity index (χ1) is 7.69. The molecule has 1 aliphatic heterocycles. The third-order valence-corrected chi connectivity index (χ3v) is 4.29. The van der Waals surface area contributed by atoms with Gasteiger partial charge in [-0.1, -0.05) is 0 Å². The molecular formula is C14H28N2O. The van der Waals surface area contributed by atoms with E-state index in [0.29, 0.717) is 0 Å². The molecular weight excluding hydrogens is 212 g/mol. The highest BCUT2D eigenvalue weighted by Crippen LogP contribution is 2.45. The molecule has 0 amide bonds. The number of morpholine rings is 1. The summed E-state index contributed by atoms with van der Waals surface area (Å²) in [6, 6.07) is 0. The molecule has 2 N–H and O–H groups in total. The van der Waals surface area contributed by atoms with E-state index < -0.39 is 0 Å². The summed E-state index contributed by atoms with van der Waals surface area (Å²) in [7, 11) is 0. The van der Waals surface area contributed by atoms with Gasteiger partial charge < -0.3 is 10.5 Å². The molecule has 100 valence electrons. The Morgan fingerprint density at radius 1 is 1.18 bits per heavy atom. The van der Waals surface area contributed by atoms with Crippen LogP contribution in [-0.2, 0) is 4.74 Å². The Morgan fingerprint density at radius 3 is 2.00 bits per heavy atom. The van der Waals surface area contributed by atoms with Gasteiger partial charge >= 0.3 is 0 Å². The van der Waals surface area contributed by atoms with Gasteiger partial charge in [-0.25, -0.2) is 0 Å². The van der Waals surface area contributed by atoms with Crippen molar-refractivity contribution in [1.29, 1.82) is 0 Å². The number of hydrogen-bond donors (Lipinski definition) is 1. The molecule has 0 radical (unpaired) electrons. The zero-order valence-electron chi connectivity index (χ0n) is 12.0. The predicted octanol–water partition coefficient (Wildman–Crippen LogP) is 2.00. The lowest BCUT2D eigenvalue weighted by Gasteiger charge is -2.53. The van der Waals surface area contributed by atoms with Crippen molar-refractivity contribution in [3.05, 3.63) is 0 Å². The van der Waals surface area contributed by atoms with Crippen molar-refractivity contribution in [2.45, 2.75) is 64.2 Å². The number of nitrogens with zero attached hydrogens (tertiary/aromatic N) is 1. The van der Waals surface area contributed by atoms with Gasteiger partial charge in [0.2, 0.25) is 0 Å². The summed E-state index contributed by atoms with van der Waals surface area (Å²) in [6.45, 7) is 13.8. The molecule has 0 aromatic heterocycles. The number of rotatable bonds is 3. The topological polar surface area (TPSA) is 38.5 Å². The fraction of sp³-hybridized carbons (Fsp3) is 1.00. The maximum atomic E-state index is 6.15. The first-order valence-electron chi connectivity index (χ1n) is 6.84. The quantitative estimate of drug-likeness (QED) is 0.820. The normalized spacial score (nSPS) is 32.1. The van der Waals surface area contributed by atoms with Crippen LogP contribution in [-0.4, -0.2) is 41.3 Å². The molecule has 1 saturated heterocycles. The van der Waals surface area contributed by atoms with E-state index in [4.69, 9.17) is 10.5 Å². The van der Waals surface area contributed by atoms with Crippen molar-refractivity contribution in [1.82, 2.24) is 4.90 Å². The lowest BCUT2D eigenvalue weighted by molar-refractivity contribution is -0.199. The van der Waals surface area contributed by atoms with Gasteiger partial charge in [0.05, 0.1) is 11.2 Å². The third kappa shape index (κ3) is 2.67. The van der Waals surface area contributed by atoms with E-state index in [1.165, 1.54) is 12.8 Å². The lowest BCUT2D eigenvalue weighted by Crippen LogP contribution is -2.65. The third-order valence-electron chi connectivity index (χ3n) is 4.29. The second-order valence-corrected chi connectivity index (χ2v) is 7.31. The monoisotopic (exact) mass is 240 g/mol. The summed E-state index contributed by atoms with van der Waals surface area (Å²) in [4.78, 5) is 2.58. The van der Waals surface area contributed by atoms with Crippen LogP contribution in [0.15, 0.2) is 0 Å². The summed E-state index contributed by atoms with van der Waals surface area (Å²) in [6.07, 6.45) is 2.68. The molecule has 1 saturated carbocycles. The first kappa shape index (κ1) is 13.3. The Balaban J connectivity index is 2.19. The van der Waals surface area contributed by atoms with Gasteiger partial charge in [0, 0.05) is 25.2 Å². The summed E-state index contributed by atoms with van der Waals surface area (Å²) < 4.78 is 6.15. The van der Waals surface area contributed by atoms with Crippen molar-refractivity contribution in [2.24, 2.45) is 11.7 Å². The van der Waals surface area contributed by atoms with E-state index in [-0.39, 0.29) is 16.7 Å². The van der Waals surface area contributed by atoms with Crippen LogP contribution in [0.2, 0.25) is 0 Å². The second-order valence-electron chi connectivity index (χ2n) is 7.31. The van der Waals surface area contributed by atoms with E-state index in [1.54, 1.807) is 0 Å². The van der Waals surface area contributed by atoms with Crippen LogP contribution in [0.1, 0.15) is 47.5 Å². The van der Waals surface area contributed by atoms with Crippen LogP contribution in [0, 0.1) is 5.92 Å². The van der Waals surface area contributed by atoms with Gasteiger partial charge in [0.15, 0.2) is 0 Å². The molecule has 0 aromatic rings. The SMILES string of the molecule is CC1(C)CN(C(C)(CN)C2CC2)CC(C)(C)O1. The standard InChI is InChI=1S/C14H28N2O/c1-12(2)9-16(10-13(3,4)17-12)14(5,8-15)11-6-7-11/h11H,6-10,15H2,1-5H3. The highest BCUT2D eigenvalue weighted by Gasteiger charge is 2.50. The van der Waals surface area contributed by atoms with E-state index in [1.807, 2.05) is 0 Å². The fourth-order valence-electron chi connectivity index (χ4n) is 3.41. The molecule has 2 rings (SSSR count). The van der Waals surface area contributed by atoms with E-state index in [0.717, 1.165) is 25.6 Å². The van der Waals surface area contributed by atoms with Crippen molar-refractivity contribution in [3.8, 4) is 0 Å². The zero-order chi connectivity index (χ0) is 12.9. The Kier molecular flexibility index (Phi) is 3.08. The fourth-order valence-corrected chi connectivity index (χ4v) is 3.41. The van der Waals surface area contributed by atoms with Crippen molar-refractivity contribution in [2.75, 3.05) is 19.6 Å². The second kappa shape index (κ2) is 3.94. The molecule has 3 nitrogen and oxygen atoms in total. The molecule has 0 aromatic carbocycles. The molecule has 1 unspecified atom stereocenters. The summed E-state index contributed by atoms with van der Waals surface area (Å²) >= 11 is 0. The highest BCUT2D eigenvalue weighted by molar-refractivity contribution is 5.04. The molecule has 3 heteroatoms. The molecule has 2 aliphatic rings. The van der Waals surface area contributed by atoms with Gasteiger partial charge in [-0.05, 0) is 53.4 Å². The summed E-state index contributed by atoms with van der Waals surface area (Å²) in [5.41, 5.74) is 6.09. The van der Waals surface area contributed by atoms with Crippen LogP contribution >= 0.6 is 0 Å².